The Morgan fingerprint density at radius 1 is 1.35 bits per heavy atom. The zero-order valence-corrected chi connectivity index (χ0v) is 16.6. The van der Waals surface area contributed by atoms with Crippen LogP contribution >= 0.6 is 12.4 Å². The number of rotatable bonds is 6. The fourth-order valence-corrected chi connectivity index (χ4v) is 5.31. The molecule has 2 aliphatic rings. The van der Waals surface area contributed by atoms with Gasteiger partial charge in [-0.2, -0.15) is 4.31 Å². The Morgan fingerprint density at radius 2 is 2.08 bits per heavy atom. The molecule has 148 valence electrons. The van der Waals surface area contributed by atoms with E-state index in [9.17, 15) is 12.8 Å². The van der Waals surface area contributed by atoms with Crippen molar-refractivity contribution in [1.29, 1.82) is 0 Å². The van der Waals surface area contributed by atoms with E-state index in [1.807, 2.05) is 0 Å². The summed E-state index contributed by atoms with van der Waals surface area (Å²) in [4.78, 5) is 2.29. The average Bonchev–Trinajstić information content (AvgIpc) is 3.12. The van der Waals surface area contributed by atoms with Crippen molar-refractivity contribution in [2.24, 2.45) is 0 Å². The SMILES string of the molecule is Cc1ccc(F)cc1S(=O)(=O)N(CCN1CCOCC1)C1CCNC1.Cl. The lowest BCUT2D eigenvalue weighted by atomic mass is 10.2. The van der Waals surface area contributed by atoms with Crippen LogP contribution in [0.25, 0.3) is 0 Å². The fraction of sp³-hybridized carbons (Fsp3) is 0.647. The number of hydrogen-bond acceptors (Lipinski definition) is 5. The number of nitrogens with zero attached hydrogens (tertiary/aromatic N) is 2. The Morgan fingerprint density at radius 3 is 2.73 bits per heavy atom. The number of halogens is 2. The van der Waals surface area contributed by atoms with Gasteiger partial charge in [-0.1, -0.05) is 6.07 Å². The van der Waals surface area contributed by atoms with Crippen LogP contribution in [0.1, 0.15) is 12.0 Å². The second kappa shape index (κ2) is 9.43. The van der Waals surface area contributed by atoms with Gasteiger partial charge in [0, 0.05) is 38.8 Å². The van der Waals surface area contributed by atoms with Crippen molar-refractivity contribution in [3.05, 3.63) is 29.6 Å². The average molecular weight is 408 g/mol. The first-order chi connectivity index (χ1) is 12.0. The third-order valence-electron chi connectivity index (χ3n) is 4.92. The van der Waals surface area contributed by atoms with E-state index in [2.05, 4.69) is 10.2 Å². The van der Waals surface area contributed by atoms with Crippen molar-refractivity contribution in [1.82, 2.24) is 14.5 Å². The van der Waals surface area contributed by atoms with Crippen molar-refractivity contribution >= 4 is 22.4 Å². The highest BCUT2D eigenvalue weighted by Crippen LogP contribution is 2.24. The zero-order valence-electron chi connectivity index (χ0n) is 15.0. The molecule has 0 spiro atoms. The highest BCUT2D eigenvalue weighted by molar-refractivity contribution is 7.89. The van der Waals surface area contributed by atoms with E-state index in [0.29, 0.717) is 38.4 Å². The molecule has 2 fully saturated rings. The second-order valence-corrected chi connectivity index (χ2v) is 8.49. The molecule has 1 aromatic rings. The summed E-state index contributed by atoms with van der Waals surface area (Å²) >= 11 is 0. The van der Waals surface area contributed by atoms with E-state index < -0.39 is 15.8 Å². The Hall–Kier alpha value is -0.770. The summed E-state index contributed by atoms with van der Waals surface area (Å²) in [7, 11) is -3.74. The van der Waals surface area contributed by atoms with Gasteiger partial charge in [-0.3, -0.25) is 4.90 Å². The largest absolute Gasteiger partial charge is 0.379 e. The molecular formula is C17H27ClFN3O3S. The normalized spacial score (nSPS) is 21.7. The molecule has 0 saturated carbocycles. The third-order valence-corrected chi connectivity index (χ3v) is 7.01. The summed E-state index contributed by atoms with van der Waals surface area (Å²) in [5.74, 6) is -0.526. The summed E-state index contributed by atoms with van der Waals surface area (Å²) < 4.78 is 47.1. The molecule has 0 aliphatic carbocycles. The molecule has 1 atom stereocenters. The van der Waals surface area contributed by atoms with Crippen molar-refractivity contribution in [2.45, 2.75) is 24.3 Å². The van der Waals surface area contributed by atoms with Gasteiger partial charge in [-0.15, -0.1) is 12.4 Å². The lowest BCUT2D eigenvalue weighted by Gasteiger charge is -2.32. The molecule has 3 rings (SSSR count). The van der Waals surface area contributed by atoms with Gasteiger partial charge in [0.1, 0.15) is 5.82 Å². The Bertz CT molecular complexity index is 692. The number of benzene rings is 1. The first kappa shape index (κ1) is 21.5. The van der Waals surface area contributed by atoms with Gasteiger partial charge in [0.05, 0.1) is 18.1 Å². The second-order valence-electron chi connectivity index (χ2n) is 6.63. The smallest absolute Gasteiger partial charge is 0.243 e. The predicted molar refractivity (Wildman–Crippen MR) is 101 cm³/mol. The molecule has 2 aliphatic heterocycles. The van der Waals surface area contributed by atoms with Crippen LogP contribution in [-0.2, 0) is 14.8 Å². The van der Waals surface area contributed by atoms with Crippen molar-refractivity contribution in [3.63, 3.8) is 0 Å². The molecule has 26 heavy (non-hydrogen) atoms. The molecule has 2 saturated heterocycles. The molecule has 0 amide bonds. The number of morpholine rings is 1. The molecule has 1 unspecified atom stereocenters. The minimum Gasteiger partial charge on any atom is -0.379 e. The van der Waals surface area contributed by atoms with Gasteiger partial charge in [0.15, 0.2) is 0 Å². The third kappa shape index (κ3) is 4.94. The van der Waals surface area contributed by atoms with Crippen LogP contribution < -0.4 is 5.32 Å². The van der Waals surface area contributed by atoms with Gasteiger partial charge in [-0.25, -0.2) is 12.8 Å². The zero-order chi connectivity index (χ0) is 17.9. The minimum absolute atomic E-state index is 0. The topological polar surface area (TPSA) is 61.9 Å². The molecule has 2 heterocycles. The van der Waals surface area contributed by atoms with Gasteiger partial charge in [0.2, 0.25) is 10.0 Å². The molecule has 0 radical (unpaired) electrons. The summed E-state index contributed by atoms with van der Waals surface area (Å²) in [5.41, 5.74) is 0.573. The maximum Gasteiger partial charge on any atom is 0.243 e. The lowest BCUT2D eigenvalue weighted by Crippen LogP contribution is -2.47. The first-order valence-electron chi connectivity index (χ1n) is 8.77. The van der Waals surface area contributed by atoms with Crippen LogP contribution in [0.2, 0.25) is 0 Å². The first-order valence-corrected chi connectivity index (χ1v) is 10.2. The number of ether oxygens (including phenoxy) is 1. The maximum atomic E-state index is 13.7. The van der Waals surface area contributed by atoms with E-state index in [1.165, 1.54) is 12.1 Å². The Balaban J connectivity index is 0.00000243. The van der Waals surface area contributed by atoms with Crippen LogP contribution in [0.3, 0.4) is 0 Å². The molecular weight excluding hydrogens is 381 g/mol. The van der Waals surface area contributed by atoms with Crippen LogP contribution in [0.15, 0.2) is 23.1 Å². The van der Waals surface area contributed by atoms with Crippen molar-refractivity contribution in [3.8, 4) is 0 Å². The standard InChI is InChI=1S/C17H26FN3O3S.ClH/c1-14-2-3-15(18)12-17(14)25(22,23)21(16-4-5-19-13-16)7-6-20-8-10-24-11-9-20;/h2-3,12,16,19H,4-11,13H2,1H3;1H. The van der Waals surface area contributed by atoms with E-state index in [4.69, 9.17) is 4.74 Å². The molecule has 0 aromatic heterocycles. The Kier molecular flexibility index (Phi) is 7.81. The van der Waals surface area contributed by atoms with E-state index in [-0.39, 0.29) is 23.3 Å². The van der Waals surface area contributed by atoms with Crippen LogP contribution in [0.4, 0.5) is 4.39 Å². The number of sulfonamides is 1. The quantitative estimate of drug-likeness (QED) is 0.768. The summed E-state index contributed by atoms with van der Waals surface area (Å²) in [5, 5.41) is 3.23. The highest BCUT2D eigenvalue weighted by Gasteiger charge is 2.34. The van der Waals surface area contributed by atoms with Gasteiger partial charge < -0.3 is 10.1 Å². The Labute approximate surface area is 161 Å². The fourth-order valence-electron chi connectivity index (χ4n) is 3.43. The van der Waals surface area contributed by atoms with Crippen molar-refractivity contribution < 1.29 is 17.5 Å². The van der Waals surface area contributed by atoms with Crippen LogP contribution in [0.5, 0.6) is 0 Å². The van der Waals surface area contributed by atoms with Crippen LogP contribution in [-0.4, -0.2) is 76.1 Å². The van der Waals surface area contributed by atoms with Gasteiger partial charge in [0.25, 0.3) is 0 Å². The van der Waals surface area contributed by atoms with Gasteiger partial charge >= 0.3 is 0 Å². The van der Waals surface area contributed by atoms with E-state index in [1.54, 1.807) is 11.2 Å². The highest BCUT2D eigenvalue weighted by atomic mass is 35.5. The molecule has 1 N–H and O–H groups in total. The van der Waals surface area contributed by atoms with E-state index >= 15 is 0 Å². The number of aryl methyl sites for hydroxylation is 1. The summed E-state index contributed by atoms with van der Waals surface area (Å²) in [6, 6.07) is 3.86. The summed E-state index contributed by atoms with van der Waals surface area (Å²) in [6.45, 7) is 7.21. The number of nitrogens with one attached hydrogen (secondary N) is 1. The molecule has 0 bridgehead atoms. The molecule has 1 aromatic carbocycles. The van der Waals surface area contributed by atoms with Crippen LogP contribution in [0, 0.1) is 12.7 Å². The maximum absolute atomic E-state index is 13.7. The van der Waals surface area contributed by atoms with Crippen molar-refractivity contribution in [2.75, 3.05) is 52.5 Å². The predicted octanol–water partition coefficient (Wildman–Crippen LogP) is 1.24. The minimum atomic E-state index is -3.74. The summed E-state index contributed by atoms with van der Waals surface area (Å²) in [6.07, 6.45) is 0.775. The molecule has 9 heteroatoms. The van der Waals surface area contributed by atoms with Gasteiger partial charge in [-0.05, 0) is 37.6 Å². The lowest BCUT2D eigenvalue weighted by molar-refractivity contribution is 0.0355. The molecule has 6 nitrogen and oxygen atoms in total. The monoisotopic (exact) mass is 407 g/mol. The number of hydrogen-bond donors (Lipinski definition) is 1. The van der Waals surface area contributed by atoms with E-state index in [0.717, 1.165) is 32.1 Å².